The normalized spacial score (nSPS) is 11.0. The van der Waals surface area contributed by atoms with Gasteiger partial charge in [0.05, 0.1) is 19.1 Å². The zero-order valence-electron chi connectivity index (χ0n) is 14.9. The molecule has 0 aliphatic rings. The number of amides is 1. The highest BCUT2D eigenvalue weighted by Crippen LogP contribution is 2.29. The maximum absolute atomic E-state index is 12.3. The Morgan fingerprint density at radius 3 is 2.33 bits per heavy atom. The summed E-state index contributed by atoms with van der Waals surface area (Å²) in [6, 6.07) is 8.99. The lowest BCUT2D eigenvalue weighted by Crippen LogP contribution is -2.43. The lowest BCUT2D eigenvalue weighted by Gasteiger charge is -2.12. The van der Waals surface area contributed by atoms with Gasteiger partial charge in [-0.15, -0.1) is 4.83 Å². The van der Waals surface area contributed by atoms with Crippen molar-refractivity contribution in [3.05, 3.63) is 47.0 Å². The van der Waals surface area contributed by atoms with Crippen LogP contribution in [-0.2, 0) is 14.8 Å². The van der Waals surface area contributed by atoms with Gasteiger partial charge in [0.15, 0.2) is 18.1 Å². The molecular formula is C17H19ClN2O6S. The number of benzene rings is 2. The van der Waals surface area contributed by atoms with Gasteiger partial charge in [-0.25, -0.2) is 8.42 Å². The lowest BCUT2D eigenvalue weighted by molar-refractivity contribution is -0.123. The minimum atomic E-state index is -4.00. The molecule has 0 heterocycles. The number of methoxy groups -OCH3 is 2. The quantitative estimate of drug-likeness (QED) is 0.641. The number of hydrogen-bond donors (Lipinski definition) is 2. The fourth-order valence-corrected chi connectivity index (χ4v) is 3.22. The van der Waals surface area contributed by atoms with E-state index < -0.39 is 15.9 Å². The van der Waals surface area contributed by atoms with Crippen LogP contribution in [0.1, 0.15) is 5.56 Å². The van der Waals surface area contributed by atoms with Crippen LogP contribution in [0.5, 0.6) is 17.2 Å². The summed E-state index contributed by atoms with van der Waals surface area (Å²) >= 11 is 5.85. The van der Waals surface area contributed by atoms with E-state index in [-0.39, 0.29) is 17.3 Å². The maximum atomic E-state index is 12.3. The molecule has 0 aliphatic carbocycles. The van der Waals surface area contributed by atoms with Crippen molar-refractivity contribution in [2.24, 2.45) is 0 Å². The topological polar surface area (TPSA) is 103 Å². The van der Waals surface area contributed by atoms with Gasteiger partial charge in [0, 0.05) is 11.1 Å². The number of nitrogens with one attached hydrogen (secondary N) is 2. The molecule has 0 saturated heterocycles. The molecule has 2 aromatic rings. The van der Waals surface area contributed by atoms with E-state index in [1.807, 2.05) is 4.83 Å². The zero-order valence-corrected chi connectivity index (χ0v) is 16.5. The highest BCUT2D eigenvalue weighted by atomic mass is 35.5. The average molecular weight is 415 g/mol. The number of carbonyl (C=O) groups is 1. The number of carbonyl (C=O) groups excluding carboxylic acids is 1. The Hall–Kier alpha value is -2.49. The summed E-state index contributed by atoms with van der Waals surface area (Å²) < 4.78 is 40.1. The number of aryl methyl sites for hydroxylation is 1. The van der Waals surface area contributed by atoms with Gasteiger partial charge in [-0.2, -0.15) is 0 Å². The fraction of sp³-hybridized carbons (Fsp3) is 0.235. The Morgan fingerprint density at radius 2 is 1.70 bits per heavy atom. The highest BCUT2D eigenvalue weighted by molar-refractivity contribution is 7.89. The van der Waals surface area contributed by atoms with Crippen molar-refractivity contribution >= 4 is 27.5 Å². The molecule has 0 aromatic heterocycles. The third-order valence-electron chi connectivity index (χ3n) is 3.49. The van der Waals surface area contributed by atoms with Gasteiger partial charge in [0.1, 0.15) is 5.75 Å². The second-order valence-corrected chi connectivity index (χ2v) is 7.49. The van der Waals surface area contributed by atoms with Crippen LogP contribution in [-0.4, -0.2) is 35.2 Å². The van der Waals surface area contributed by atoms with Crippen molar-refractivity contribution in [2.75, 3.05) is 20.8 Å². The third kappa shape index (κ3) is 5.49. The summed E-state index contributed by atoms with van der Waals surface area (Å²) in [4.78, 5) is 13.8. The van der Waals surface area contributed by atoms with E-state index in [4.69, 9.17) is 25.8 Å². The predicted molar refractivity (Wildman–Crippen MR) is 99.7 cm³/mol. The van der Waals surface area contributed by atoms with Crippen molar-refractivity contribution < 1.29 is 27.4 Å². The maximum Gasteiger partial charge on any atom is 0.272 e. The molecular weight excluding hydrogens is 396 g/mol. The zero-order chi connectivity index (χ0) is 20.0. The van der Waals surface area contributed by atoms with E-state index in [2.05, 4.69) is 5.43 Å². The van der Waals surface area contributed by atoms with Crippen LogP contribution in [0.15, 0.2) is 41.3 Å². The van der Waals surface area contributed by atoms with Gasteiger partial charge in [-0.05, 0) is 42.8 Å². The summed E-state index contributed by atoms with van der Waals surface area (Å²) in [5, 5.41) is 0.548. The van der Waals surface area contributed by atoms with Crippen LogP contribution in [0, 0.1) is 6.92 Å². The number of sulfonamides is 1. The fourth-order valence-electron chi connectivity index (χ4n) is 2.12. The van der Waals surface area contributed by atoms with Gasteiger partial charge in [0.25, 0.3) is 15.9 Å². The van der Waals surface area contributed by atoms with Gasteiger partial charge < -0.3 is 14.2 Å². The van der Waals surface area contributed by atoms with E-state index in [1.165, 1.54) is 32.4 Å². The van der Waals surface area contributed by atoms with Crippen LogP contribution >= 0.6 is 11.6 Å². The first-order chi connectivity index (χ1) is 12.8. The molecule has 0 atom stereocenters. The van der Waals surface area contributed by atoms with Crippen molar-refractivity contribution in [3.8, 4) is 17.2 Å². The number of ether oxygens (including phenoxy) is 3. The Balaban J connectivity index is 1.97. The molecule has 0 fully saturated rings. The first-order valence-electron chi connectivity index (χ1n) is 7.68. The smallest absolute Gasteiger partial charge is 0.272 e. The van der Waals surface area contributed by atoms with Crippen LogP contribution in [0.4, 0.5) is 0 Å². The molecule has 0 saturated carbocycles. The molecule has 0 radical (unpaired) electrons. The standard InChI is InChI=1S/C17H19ClN2O6S/c1-11-8-12(18)4-6-14(11)26-10-17(21)19-20-27(22,23)13-5-7-15(24-2)16(9-13)25-3/h4-9,20H,10H2,1-3H3,(H,19,21). The molecule has 146 valence electrons. The SMILES string of the molecule is COc1ccc(S(=O)(=O)NNC(=O)COc2ccc(Cl)cc2C)cc1OC. The Labute approximate surface area is 162 Å². The molecule has 2 rings (SSSR count). The molecule has 10 heteroatoms. The van der Waals surface area contributed by atoms with Crippen LogP contribution < -0.4 is 24.5 Å². The summed E-state index contributed by atoms with van der Waals surface area (Å²) in [6.45, 7) is 1.40. The lowest BCUT2D eigenvalue weighted by atomic mass is 10.2. The van der Waals surface area contributed by atoms with E-state index in [9.17, 15) is 13.2 Å². The largest absolute Gasteiger partial charge is 0.493 e. The van der Waals surface area contributed by atoms with Crippen molar-refractivity contribution in [1.29, 1.82) is 0 Å². The van der Waals surface area contributed by atoms with Gasteiger partial charge >= 0.3 is 0 Å². The number of hydrazine groups is 1. The van der Waals surface area contributed by atoms with Crippen molar-refractivity contribution in [1.82, 2.24) is 10.3 Å². The molecule has 2 aromatic carbocycles. The second-order valence-electron chi connectivity index (χ2n) is 5.37. The molecule has 0 aliphatic heterocycles. The Morgan fingerprint density at radius 1 is 1.04 bits per heavy atom. The van der Waals surface area contributed by atoms with Gasteiger partial charge in [-0.1, -0.05) is 11.6 Å². The van der Waals surface area contributed by atoms with Crippen molar-refractivity contribution in [3.63, 3.8) is 0 Å². The molecule has 1 amide bonds. The van der Waals surface area contributed by atoms with E-state index in [1.54, 1.807) is 25.1 Å². The minimum absolute atomic E-state index is 0.102. The van der Waals surface area contributed by atoms with E-state index >= 15 is 0 Å². The monoisotopic (exact) mass is 414 g/mol. The number of hydrogen-bond acceptors (Lipinski definition) is 6. The summed E-state index contributed by atoms with van der Waals surface area (Å²) in [5.74, 6) is 0.422. The molecule has 2 N–H and O–H groups in total. The molecule has 8 nitrogen and oxygen atoms in total. The Kier molecular flexibility index (Phi) is 6.89. The van der Waals surface area contributed by atoms with Crippen LogP contribution in [0.25, 0.3) is 0 Å². The summed E-state index contributed by atoms with van der Waals surface area (Å²) in [5.41, 5.74) is 2.84. The number of halogens is 1. The van der Waals surface area contributed by atoms with Gasteiger partial charge in [0.2, 0.25) is 0 Å². The Bertz CT molecular complexity index is 933. The second kappa shape index (κ2) is 8.94. The summed E-state index contributed by atoms with van der Waals surface area (Å²) in [6.07, 6.45) is 0. The average Bonchev–Trinajstić information content (AvgIpc) is 2.65. The first kappa shape index (κ1) is 20.8. The van der Waals surface area contributed by atoms with Crippen LogP contribution in [0.2, 0.25) is 5.02 Å². The molecule has 0 unspecified atom stereocenters. The van der Waals surface area contributed by atoms with E-state index in [0.29, 0.717) is 16.5 Å². The molecule has 0 spiro atoms. The number of rotatable bonds is 8. The van der Waals surface area contributed by atoms with Crippen LogP contribution in [0.3, 0.4) is 0 Å². The van der Waals surface area contributed by atoms with Gasteiger partial charge in [-0.3, -0.25) is 10.2 Å². The third-order valence-corrected chi connectivity index (χ3v) is 4.97. The van der Waals surface area contributed by atoms with E-state index in [0.717, 1.165) is 5.56 Å². The van der Waals surface area contributed by atoms with Crippen molar-refractivity contribution in [2.45, 2.75) is 11.8 Å². The highest BCUT2D eigenvalue weighted by Gasteiger charge is 2.18. The first-order valence-corrected chi connectivity index (χ1v) is 9.54. The predicted octanol–water partition coefficient (Wildman–Crippen LogP) is 2.05. The molecule has 27 heavy (non-hydrogen) atoms. The minimum Gasteiger partial charge on any atom is -0.493 e. The molecule has 0 bridgehead atoms. The summed E-state index contributed by atoms with van der Waals surface area (Å²) in [7, 11) is -1.17.